The van der Waals surface area contributed by atoms with Gasteiger partial charge in [0.15, 0.2) is 23.1 Å². The highest BCUT2D eigenvalue weighted by Gasteiger charge is 2.30. The molecule has 2 rings (SSSR count). The predicted octanol–water partition coefficient (Wildman–Crippen LogP) is 6.63. The molecular weight excluding hydrogens is 400 g/mol. The highest BCUT2D eigenvalue weighted by atomic mass is 19.2. The highest BCUT2D eigenvalue weighted by molar-refractivity contribution is 5.52. The highest BCUT2D eigenvalue weighted by Crippen LogP contribution is 2.41. The van der Waals surface area contributed by atoms with Crippen molar-refractivity contribution in [1.29, 1.82) is 0 Å². The molecule has 0 aromatic heterocycles. The number of rotatable bonds is 8. The third kappa shape index (κ3) is 5.88. The van der Waals surface area contributed by atoms with Gasteiger partial charge in [-0.25, -0.2) is 4.39 Å². The lowest BCUT2D eigenvalue weighted by atomic mass is 9.95. The molecule has 1 aromatic carbocycles. The Balaban J connectivity index is 0.00000218. The maximum atomic E-state index is 15.0. The summed E-state index contributed by atoms with van der Waals surface area (Å²) in [6, 6.07) is 1.36. The molecule has 1 aliphatic heterocycles. The van der Waals surface area contributed by atoms with Gasteiger partial charge >= 0.3 is 0 Å². The van der Waals surface area contributed by atoms with Crippen molar-refractivity contribution in [2.24, 2.45) is 5.92 Å². The molecule has 0 bridgehead atoms. The molecule has 0 radical (unpaired) electrons. The number of benzene rings is 1. The lowest BCUT2D eigenvalue weighted by molar-refractivity contribution is 0.0485. The van der Waals surface area contributed by atoms with Crippen LogP contribution in [0.1, 0.15) is 39.7 Å². The van der Waals surface area contributed by atoms with E-state index >= 15 is 4.39 Å². The Morgan fingerprint density at radius 3 is 2.40 bits per heavy atom. The van der Waals surface area contributed by atoms with Crippen LogP contribution in [0.5, 0.6) is 11.5 Å². The number of alkyl halides is 1. The van der Waals surface area contributed by atoms with Crippen LogP contribution in [0.2, 0.25) is 0 Å². The molecule has 0 saturated carbocycles. The molecule has 1 aromatic rings. The summed E-state index contributed by atoms with van der Waals surface area (Å²) in [5.74, 6) is -4.21. The molecule has 0 saturated heterocycles. The van der Waals surface area contributed by atoms with Crippen LogP contribution in [-0.2, 0) is 11.2 Å². The van der Waals surface area contributed by atoms with Crippen LogP contribution in [0.3, 0.4) is 0 Å². The zero-order chi connectivity index (χ0) is 23.0. The maximum absolute atomic E-state index is 15.0. The number of allylic oxidation sites excluding steroid dienone is 2. The SMILES string of the molecule is C=C1Cc2cc(OCC)c(F)c(F)c2O/C1=C(\F)C(=C)C(C)COC(C)CC.CF. The third-order valence-electron chi connectivity index (χ3n) is 4.72. The maximum Gasteiger partial charge on any atom is 0.205 e. The quantitative estimate of drug-likeness (QED) is 0.433. The Morgan fingerprint density at radius 1 is 1.20 bits per heavy atom. The number of ether oxygens (including phenoxy) is 3. The van der Waals surface area contributed by atoms with Crippen molar-refractivity contribution in [2.45, 2.75) is 46.6 Å². The van der Waals surface area contributed by atoms with Crippen LogP contribution in [0, 0.1) is 17.6 Å². The largest absolute Gasteiger partial charge is 0.491 e. The van der Waals surface area contributed by atoms with Gasteiger partial charge in [-0.3, -0.25) is 4.39 Å². The normalized spacial score (nSPS) is 16.5. The van der Waals surface area contributed by atoms with Gasteiger partial charge in [0, 0.05) is 17.9 Å². The standard InChI is InChI=1S/C22H27F3O3.CH3F/c1-7-14(5)27-11-13(4)15(6)18(23)21-12(3)9-16-10-17(26-8-2)19(24)20(25)22(16)28-21;1-2/h10,13-14H,3,6-9,11H2,1-2,4-5H3;1H3/b21-18-;. The lowest BCUT2D eigenvalue weighted by Gasteiger charge is -2.25. The molecule has 1 heterocycles. The van der Waals surface area contributed by atoms with Crippen molar-refractivity contribution in [3.05, 3.63) is 59.2 Å². The molecule has 0 fully saturated rings. The summed E-state index contributed by atoms with van der Waals surface area (Å²) in [7, 11) is 0.500. The van der Waals surface area contributed by atoms with Crippen LogP contribution in [0.25, 0.3) is 0 Å². The predicted molar refractivity (Wildman–Crippen MR) is 110 cm³/mol. The van der Waals surface area contributed by atoms with Crippen LogP contribution >= 0.6 is 0 Å². The van der Waals surface area contributed by atoms with E-state index in [1.165, 1.54) is 6.07 Å². The molecule has 1 aliphatic rings. The first-order valence-electron chi connectivity index (χ1n) is 9.79. The second kappa shape index (κ2) is 11.8. The van der Waals surface area contributed by atoms with Crippen LogP contribution in [0.15, 0.2) is 42.0 Å². The molecule has 30 heavy (non-hydrogen) atoms. The molecule has 168 valence electrons. The fourth-order valence-electron chi connectivity index (χ4n) is 2.71. The number of halogens is 4. The summed E-state index contributed by atoms with van der Waals surface area (Å²) in [6.07, 6.45) is 1.00. The molecule has 0 aliphatic carbocycles. The molecule has 7 heteroatoms. The molecule has 3 nitrogen and oxygen atoms in total. The average Bonchev–Trinajstić information content (AvgIpc) is 2.75. The lowest BCUT2D eigenvalue weighted by Crippen LogP contribution is -2.18. The van der Waals surface area contributed by atoms with E-state index in [1.807, 2.05) is 13.8 Å². The van der Waals surface area contributed by atoms with E-state index in [-0.39, 0.29) is 54.5 Å². The van der Waals surface area contributed by atoms with Crippen molar-refractivity contribution in [2.75, 3.05) is 20.4 Å². The Kier molecular flexibility index (Phi) is 10.1. The monoisotopic (exact) mass is 430 g/mol. The van der Waals surface area contributed by atoms with E-state index < -0.39 is 17.5 Å². The fraction of sp³-hybridized carbons (Fsp3) is 0.478. The van der Waals surface area contributed by atoms with Gasteiger partial charge < -0.3 is 14.2 Å². The number of hydrogen-bond donors (Lipinski definition) is 0. The second-order valence-electron chi connectivity index (χ2n) is 6.93. The van der Waals surface area contributed by atoms with E-state index in [9.17, 15) is 13.2 Å². The van der Waals surface area contributed by atoms with Gasteiger partial charge in [-0.1, -0.05) is 27.0 Å². The van der Waals surface area contributed by atoms with Crippen molar-refractivity contribution in [3.63, 3.8) is 0 Å². The van der Waals surface area contributed by atoms with Crippen molar-refractivity contribution < 1.29 is 31.8 Å². The van der Waals surface area contributed by atoms with E-state index in [4.69, 9.17) is 14.2 Å². The minimum atomic E-state index is -1.21. The average molecular weight is 430 g/mol. The Labute approximate surface area is 176 Å². The summed E-state index contributed by atoms with van der Waals surface area (Å²) in [5, 5.41) is 0. The zero-order valence-corrected chi connectivity index (χ0v) is 18.2. The molecule has 0 spiro atoms. The second-order valence-corrected chi connectivity index (χ2v) is 6.93. The van der Waals surface area contributed by atoms with E-state index in [0.29, 0.717) is 18.3 Å². The van der Waals surface area contributed by atoms with Crippen LogP contribution in [0.4, 0.5) is 17.6 Å². The van der Waals surface area contributed by atoms with E-state index in [1.54, 1.807) is 13.8 Å². The van der Waals surface area contributed by atoms with Gasteiger partial charge in [0.05, 0.1) is 26.5 Å². The minimum Gasteiger partial charge on any atom is -0.491 e. The van der Waals surface area contributed by atoms with Crippen molar-refractivity contribution >= 4 is 0 Å². The fourth-order valence-corrected chi connectivity index (χ4v) is 2.71. The van der Waals surface area contributed by atoms with Crippen molar-refractivity contribution in [3.8, 4) is 11.5 Å². The molecule has 0 amide bonds. The van der Waals surface area contributed by atoms with Crippen molar-refractivity contribution in [1.82, 2.24) is 0 Å². The van der Waals surface area contributed by atoms with E-state index in [0.717, 1.165) is 6.42 Å². The number of hydrogen-bond acceptors (Lipinski definition) is 3. The third-order valence-corrected chi connectivity index (χ3v) is 4.72. The molecular formula is C23H30F4O3. The first-order chi connectivity index (χ1) is 14.2. The van der Waals surface area contributed by atoms with Gasteiger partial charge in [-0.2, -0.15) is 8.78 Å². The summed E-state index contributed by atoms with van der Waals surface area (Å²) in [5.41, 5.74) is 0.826. The first kappa shape index (κ1) is 25.8. The molecule has 2 unspecified atom stereocenters. The van der Waals surface area contributed by atoms with Crippen LogP contribution in [-0.4, -0.2) is 26.5 Å². The Hall–Kier alpha value is -2.28. The zero-order valence-electron chi connectivity index (χ0n) is 18.2. The Morgan fingerprint density at radius 2 is 1.83 bits per heavy atom. The summed E-state index contributed by atoms with van der Waals surface area (Å²) >= 11 is 0. The van der Waals surface area contributed by atoms with Gasteiger partial charge in [-0.05, 0) is 37.5 Å². The summed E-state index contributed by atoms with van der Waals surface area (Å²) in [6.45, 7) is 15.4. The smallest absolute Gasteiger partial charge is 0.205 e. The minimum absolute atomic E-state index is 0.0512. The van der Waals surface area contributed by atoms with Gasteiger partial charge in [0.1, 0.15) is 0 Å². The topological polar surface area (TPSA) is 27.7 Å². The number of fused-ring (bicyclic) bond motifs is 1. The molecule has 2 atom stereocenters. The van der Waals surface area contributed by atoms with Gasteiger partial charge in [0.2, 0.25) is 11.6 Å². The van der Waals surface area contributed by atoms with Gasteiger partial charge in [0.25, 0.3) is 0 Å². The van der Waals surface area contributed by atoms with Crippen LogP contribution < -0.4 is 9.47 Å². The van der Waals surface area contributed by atoms with Gasteiger partial charge in [-0.15, -0.1) is 0 Å². The van der Waals surface area contributed by atoms with E-state index in [2.05, 4.69) is 13.2 Å². The molecule has 0 N–H and O–H groups in total. The first-order valence-corrected chi connectivity index (χ1v) is 9.79. The summed E-state index contributed by atoms with van der Waals surface area (Å²) < 4.78 is 69.2. The summed E-state index contributed by atoms with van der Waals surface area (Å²) in [4.78, 5) is 0. The Bertz CT molecular complexity index is 802.